The van der Waals surface area contributed by atoms with Gasteiger partial charge in [0.2, 0.25) is 5.91 Å². The van der Waals surface area contributed by atoms with E-state index in [-0.39, 0.29) is 30.2 Å². The lowest BCUT2D eigenvalue weighted by molar-refractivity contribution is -0.137. The van der Waals surface area contributed by atoms with Crippen molar-refractivity contribution in [3.05, 3.63) is 0 Å². The van der Waals surface area contributed by atoms with Crippen molar-refractivity contribution in [2.75, 3.05) is 26.2 Å². The summed E-state index contributed by atoms with van der Waals surface area (Å²) in [5.41, 5.74) is -0.832. The van der Waals surface area contributed by atoms with Gasteiger partial charge in [0, 0.05) is 25.6 Å². The number of amides is 4. The van der Waals surface area contributed by atoms with Crippen molar-refractivity contribution in [3.63, 3.8) is 0 Å². The number of nitrogens with one attached hydrogen (secondary N) is 3. The second kappa shape index (κ2) is 6.68. The molecule has 4 N–H and O–H groups in total. The van der Waals surface area contributed by atoms with Gasteiger partial charge < -0.3 is 21.1 Å². The molecular weight excluding hydrogens is 312 g/mol. The van der Waals surface area contributed by atoms with Crippen molar-refractivity contribution < 1.29 is 19.5 Å². The Hall–Kier alpha value is -1.67. The SMILES string of the molecule is CC1CCCCC12NC(=O)N(CC(=O)NCC1CNCC1O)C2=O. The van der Waals surface area contributed by atoms with Gasteiger partial charge in [0.1, 0.15) is 12.1 Å². The van der Waals surface area contributed by atoms with Crippen molar-refractivity contribution in [1.29, 1.82) is 0 Å². The Bertz CT molecular complexity index is 540. The molecule has 1 saturated carbocycles. The first-order chi connectivity index (χ1) is 11.4. The van der Waals surface area contributed by atoms with Crippen LogP contribution in [-0.4, -0.2) is 65.7 Å². The van der Waals surface area contributed by atoms with Gasteiger partial charge in [-0.3, -0.25) is 14.5 Å². The van der Waals surface area contributed by atoms with Crippen LogP contribution in [0.3, 0.4) is 0 Å². The van der Waals surface area contributed by atoms with E-state index in [1.807, 2.05) is 6.92 Å². The van der Waals surface area contributed by atoms with Crippen LogP contribution in [0.1, 0.15) is 32.6 Å². The van der Waals surface area contributed by atoms with Gasteiger partial charge in [-0.2, -0.15) is 0 Å². The van der Waals surface area contributed by atoms with Gasteiger partial charge in [0.15, 0.2) is 0 Å². The molecule has 0 aromatic heterocycles. The van der Waals surface area contributed by atoms with E-state index >= 15 is 0 Å². The van der Waals surface area contributed by atoms with E-state index in [2.05, 4.69) is 16.0 Å². The number of β-amino-alcohol motifs (C(OH)–C–C–N with tert-alkyl or cyclic N) is 1. The zero-order chi connectivity index (χ0) is 17.3. The molecule has 134 valence electrons. The van der Waals surface area contributed by atoms with Crippen LogP contribution >= 0.6 is 0 Å². The molecule has 24 heavy (non-hydrogen) atoms. The van der Waals surface area contributed by atoms with Crippen LogP contribution in [0.15, 0.2) is 0 Å². The Morgan fingerprint density at radius 1 is 1.38 bits per heavy atom. The first-order valence-corrected chi connectivity index (χ1v) is 8.73. The smallest absolute Gasteiger partial charge is 0.325 e. The maximum Gasteiger partial charge on any atom is 0.325 e. The highest BCUT2D eigenvalue weighted by Gasteiger charge is 2.55. The van der Waals surface area contributed by atoms with Gasteiger partial charge in [-0.25, -0.2) is 4.79 Å². The van der Waals surface area contributed by atoms with E-state index in [1.165, 1.54) is 0 Å². The number of imide groups is 1. The van der Waals surface area contributed by atoms with E-state index in [0.717, 1.165) is 24.2 Å². The standard InChI is InChI=1S/C16H26N4O4/c1-10-4-2-3-5-16(10)14(23)20(15(24)19-16)9-13(22)18-7-11-6-17-8-12(11)21/h10-12,17,21H,2-9H2,1H3,(H,18,22)(H,19,24). The van der Waals surface area contributed by atoms with Crippen molar-refractivity contribution >= 4 is 17.8 Å². The molecule has 0 bridgehead atoms. The van der Waals surface area contributed by atoms with Crippen molar-refractivity contribution in [2.45, 2.75) is 44.2 Å². The Morgan fingerprint density at radius 2 is 2.17 bits per heavy atom. The topological polar surface area (TPSA) is 111 Å². The monoisotopic (exact) mass is 338 g/mol. The van der Waals surface area contributed by atoms with Gasteiger partial charge in [-0.1, -0.05) is 19.8 Å². The van der Waals surface area contributed by atoms with Crippen LogP contribution in [0, 0.1) is 11.8 Å². The number of urea groups is 1. The van der Waals surface area contributed by atoms with Crippen LogP contribution in [0.2, 0.25) is 0 Å². The van der Waals surface area contributed by atoms with Crippen molar-refractivity contribution in [2.24, 2.45) is 11.8 Å². The van der Waals surface area contributed by atoms with E-state index in [1.54, 1.807) is 0 Å². The molecular formula is C16H26N4O4. The number of hydrogen-bond donors (Lipinski definition) is 4. The lowest BCUT2D eigenvalue weighted by atomic mass is 9.73. The van der Waals surface area contributed by atoms with E-state index in [4.69, 9.17) is 0 Å². The zero-order valence-corrected chi connectivity index (χ0v) is 14.0. The average molecular weight is 338 g/mol. The van der Waals surface area contributed by atoms with Crippen LogP contribution in [-0.2, 0) is 9.59 Å². The highest BCUT2D eigenvalue weighted by Crippen LogP contribution is 2.38. The summed E-state index contributed by atoms with van der Waals surface area (Å²) in [7, 11) is 0. The predicted molar refractivity (Wildman–Crippen MR) is 86.0 cm³/mol. The average Bonchev–Trinajstić information content (AvgIpc) is 3.06. The normalized spacial score (nSPS) is 36.2. The van der Waals surface area contributed by atoms with E-state index in [0.29, 0.717) is 26.1 Å². The summed E-state index contributed by atoms with van der Waals surface area (Å²) >= 11 is 0. The summed E-state index contributed by atoms with van der Waals surface area (Å²) in [6.07, 6.45) is 3.02. The number of carbonyl (C=O) groups excluding carboxylic acids is 3. The fourth-order valence-electron chi connectivity index (χ4n) is 4.01. The predicted octanol–water partition coefficient (Wildman–Crippen LogP) is -0.816. The second-order valence-corrected chi connectivity index (χ2v) is 7.23. The maximum atomic E-state index is 12.8. The molecule has 1 aliphatic carbocycles. The fourth-order valence-corrected chi connectivity index (χ4v) is 4.01. The van der Waals surface area contributed by atoms with E-state index in [9.17, 15) is 19.5 Å². The Kier molecular flexibility index (Phi) is 4.78. The van der Waals surface area contributed by atoms with Gasteiger partial charge in [0.25, 0.3) is 5.91 Å². The summed E-state index contributed by atoms with van der Waals surface area (Å²) in [5, 5.41) is 18.3. The van der Waals surface area contributed by atoms with Crippen LogP contribution in [0.5, 0.6) is 0 Å². The molecule has 0 aromatic carbocycles. The molecule has 0 radical (unpaired) electrons. The minimum absolute atomic E-state index is 0.0400. The van der Waals surface area contributed by atoms with Gasteiger partial charge in [-0.05, 0) is 18.8 Å². The quantitative estimate of drug-likeness (QED) is 0.501. The minimum Gasteiger partial charge on any atom is -0.391 e. The van der Waals surface area contributed by atoms with E-state index < -0.39 is 17.7 Å². The summed E-state index contributed by atoms with van der Waals surface area (Å²) in [6, 6.07) is -0.480. The molecule has 3 rings (SSSR count). The third-order valence-corrected chi connectivity index (χ3v) is 5.67. The lowest BCUT2D eigenvalue weighted by Gasteiger charge is -2.36. The highest BCUT2D eigenvalue weighted by molar-refractivity contribution is 6.09. The fraction of sp³-hybridized carbons (Fsp3) is 0.812. The molecule has 4 unspecified atom stereocenters. The molecule has 2 heterocycles. The largest absolute Gasteiger partial charge is 0.391 e. The molecule has 8 nitrogen and oxygen atoms in total. The molecule has 4 amide bonds. The van der Waals surface area contributed by atoms with Crippen molar-refractivity contribution in [1.82, 2.24) is 20.9 Å². The number of aliphatic hydroxyl groups is 1. The first kappa shape index (κ1) is 17.2. The summed E-state index contributed by atoms with van der Waals surface area (Å²) in [4.78, 5) is 38.1. The molecule has 2 saturated heterocycles. The highest BCUT2D eigenvalue weighted by atomic mass is 16.3. The third kappa shape index (κ3) is 3.00. The molecule has 3 aliphatic rings. The summed E-state index contributed by atoms with van der Waals surface area (Å²) in [5.74, 6) is -0.618. The van der Waals surface area contributed by atoms with Crippen LogP contribution < -0.4 is 16.0 Å². The first-order valence-electron chi connectivity index (χ1n) is 8.73. The molecule has 4 atom stereocenters. The number of aliphatic hydroxyl groups excluding tert-OH is 1. The third-order valence-electron chi connectivity index (χ3n) is 5.67. The number of rotatable bonds is 4. The molecule has 1 spiro atoms. The van der Waals surface area contributed by atoms with Gasteiger partial charge in [0.05, 0.1) is 6.10 Å². The van der Waals surface area contributed by atoms with Crippen molar-refractivity contribution in [3.8, 4) is 0 Å². The summed E-state index contributed by atoms with van der Waals surface area (Å²) < 4.78 is 0. The minimum atomic E-state index is -0.832. The lowest BCUT2D eigenvalue weighted by Crippen LogP contribution is -2.54. The second-order valence-electron chi connectivity index (χ2n) is 7.23. The Labute approximate surface area is 141 Å². The number of nitrogens with zero attached hydrogens (tertiary/aromatic N) is 1. The molecule has 0 aromatic rings. The Morgan fingerprint density at radius 3 is 2.83 bits per heavy atom. The van der Waals surface area contributed by atoms with Gasteiger partial charge >= 0.3 is 6.03 Å². The Balaban J connectivity index is 1.57. The number of hydrogen-bond acceptors (Lipinski definition) is 5. The maximum absolute atomic E-state index is 12.8. The number of carbonyl (C=O) groups is 3. The van der Waals surface area contributed by atoms with Crippen LogP contribution in [0.25, 0.3) is 0 Å². The van der Waals surface area contributed by atoms with Crippen LogP contribution in [0.4, 0.5) is 4.79 Å². The van der Waals surface area contributed by atoms with Gasteiger partial charge in [-0.15, -0.1) is 0 Å². The molecule has 2 aliphatic heterocycles. The summed E-state index contributed by atoms with van der Waals surface area (Å²) in [6.45, 7) is 3.21. The molecule has 8 heteroatoms. The molecule has 3 fully saturated rings. The zero-order valence-electron chi connectivity index (χ0n) is 14.0.